The van der Waals surface area contributed by atoms with Crippen molar-refractivity contribution in [3.05, 3.63) is 62.5 Å². The Morgan fingerprint density at radius 1 is 1.44 bits per heavy atom. The molecule has 3 heterocycles. The molecular weight excluding hydrogens is 511 g/mol. The van der Waals surface area contributed by atoms with Crippen molar-refractivity contribution in [2.75, 3.05) is 33.4 Å². The lowest BCUT2D eigenvalue weighted by Gasteiger charge is -2.36. The Labute approximate surface area is 216 Å². The number of amidine groups is 1. The number of hydrogen-bond donors (Lipinski definition) is 2. The molecule has 0 spiro atoms. The maximum Gasteiger partial charge on any atom is 0.338 e. The molecule has 2 aliphatic heterocycles. The minimum absolute atomic E-state index is 0.138. The van der Waals surface area contributed by atoms with Crippen LogP contribution in [0, 0.1) is 11.7 Å². The summed E-state index contributed by atoms with van der Waals surface area (Å²) in [5.74, 6) is -2.04. The highest BCUT2D eigenvalue weighted by atomic mass is 35.5. The monoisotopic (exact) mass is 536 g/mol. The number of thiazole rings is 1. The molecule has 0 bridgehead atoms. The molecule has 1 saturated heterocycles. The van der Waals surface area contributed by atoms with E-state index in [2.05, 4.69) is 15.2 Å². The first-order chi connectivity index (χ1) is 17.3. The number of aliphatic carboxylic acids is 1. The molecule has 1 aromatic carbocycles. The van der Waals surface area contributed by atoms with Crippen LogP contribution in [0.3, 0.4) is 0 Å². The van der Waals surface area contributed by atoms with Gasteiger partial charge in [-0.25, -0.2) is 14.2 Å². The number of nitrogens with one attached hydrogen (secondary N) is 1. The molecule has 3 atom stereocenters. The molecular formula is C24H26ClFN4O5S. The van der Waals surface area contributed by atoms with Crippen molar-refractivity contribution in [2.24, 2.45) is 10.9 Å². The minimum atomic E-state index is -0.872. The number of methoxy groups -OCH3 is 1. The van der Waals surface area contributed by atoms with Gasteiger partial charge in [-0.15, -0.1) is 11.3 Å². The molecule has 0 amide bonds. The number of carboxylic acids is 1. The van der Waals surface area contributed by atoms with Gasteiger partial charge in [0.25, 0.3) is 0 Å². The largest absolute Gasteiger partial charge is 0.481 e. The van der Waals surface area contributed by atoms with Gasteiger partial charge in [-0.3, -0.25) is 14.7 Å². The van der Waals surface area contributed by atoms with E-state index in [9.17, 15) is 19.1 Å². The summed E-state index contributed by atoms with van der Waals surface area (Å²) >= 11 is 7.77. The molecule has 36 heavy (non-hydrogen) atoms. The molecule has 1 aromatic heterocycles. The van der Waals surface area contributed by atoms with E-state index in [4.69, 9.17) is 26.1 Å². The molecule has 4 rings (SSSR count). The fourth-order valence-corrected chi connectivity index (χ4v) is 5.11. The first-order valence-corrected chi connectivity index (χ1v) is 12.6. The maximum atomic E-state index is 13.8. The molecule has 192 valence electrons. The first kappa shape index (κ1) is 26.2. The van der Waals surface area contributed by atoms with Crippen LogP contribution < -0.4 is 5.32 Å². The van der Waals surface area contributed by atoms with Gasteiger partial charge in [0.2, 0.25) is 0 Å². The van der Waals surface area contributed by atoms with Crippen molar-refractivity contribution in [3.63, 3.8) is 0 Å². The lowest BCUT2D eigenvalue weighted by molar-refractivity contribution is -0.143. The van der Waals surface area contributed by atoms with Gasteiger partial charge in [0.05, 0.1) is 31.3 Å². The van der Waals surface area contributed by atoms with Gasteiger partial charge >= 0.3 is 11.9 Å². The van der Waals surface area contributed by atoms with E-state index in [-0.39, 0.29) is 16.7 Å². The van der Waals surface area contributed by atoms with Gasteiger partial charge in [0.1, 0.15) is 11.9 Å². The third kappa shape index (κ3) is 5.92. The van der Waals surface area contributed by atoms with Gasteiger partial charge < -0.3 is 19.9 Å². The number of carboxylic acid groups (broad SMARTS) is 1. The summed E-state index contributed by atoms with van der Waals surface area (Å²) in [5.41, 5.74) is 1.27. The van der Waals surface area contributed by atoms with Crippen LogP contribution in [0.25, 0.3) is 0 Å². The number of aromatic nitrogens is 1. The Bertz CT molecular complexity index is 1190. The molecule has 12 heteroatoms. The Balaban J connectivity index is 1.70. The number of halogens is 2. The van der Waals surface area contributed by atoms with Crippen LogP contribution in [0.5, 0.6) is 0 Å². The van der Waals surface area contributed by atoms with Crippen LogP contribution in [0.2, 0.25) is 5.02 Å². The number of hydrogen-bond acceptors (Lipinski definition) is 9. The van der Waals surface area contributed by atoms with E-state index in [0.717, 1.165) is 0 Å². The summed E-state index contributed by atoms with van der Waals surface area (Å²) in [6.45, 7) is 3.48. The maximum absolute atomic E-state index is 13.8. The van der Waals surface area contributed by atoms with Crippen molar-refractivity contribution < 1.29 is 28.6 Å². The standard InChI is InChI=1S/C24H26ClFN4O5S/c1-13(23(31)32)9-15-11-30(6-7-35-15)12-18-19(24(33)34-2)20(16-4-3-14(26)10-17(16)25)29-21(28-18)22-27-5-8-36-22/h3-5,8,10,13,15,20H,6-7,9,11-12H2,1-2H3,(H,28,29)(H,31,32)/t13?,15-,20+/m1/s1. The zero-order valence-corrected chi connectivity index (χ0v) is 21.3. The highest BCUT2D eigenvalue weighted by molar-refractivity contribution is 7.11. The Morgan fingerprint density at radius 3 is 2.92 bits per heavy atom. The molecule has 2 aromatic rings. The lowest BCUT2D eigenvalue weighted by Crippen LogP contribution is -2.47. The third-order valence-electron chi connectivity index (χ3n) is 6.07. The second-order valence-corrected chi connectivity index (χ2v) is 9.90. The van der Waals surface area contributed by atoms with Gasteiger partial charge in [0.15, 0.2) is 10.8 Å². The Morgan fingerprint density at radius 2 is 2.25 bits per heavy atom. The van der Waals surface area contributed by atoms with Crippen molar-refractivity contribution in [1.29, 1.82) is 0 Å². The predicted octanol–water partition coefficient (Wildman–Crippen LogP) is 3.27. The minimum Gasteiger partial charge on any atom is -0.481 e. The zero-order valence-electron chi connectivity index (χ0n) is 19.7. The number of rotatable bonds is 8. The van der Waals surface area contributed by atoms with E-state index in [1.807, 2.05) is 5.38 Å². The fourth-order valence-electron chi connectivity index (χ4n) is 4.25. The van der Waals surface area contributed by atoms with Gasteiger partial charge in [0, 0.05) is 47.5 Å². The van der Waals surface area contributed by atoms with Crippen LogP contribution in [0.4, 0.5) is 4.39 Å². The molecule has 0 aliphatic carbocycles. The second kappa shape index (κ2) is 11.5. The number of carbonyl (C=O) groups is 2. The van der Waals surface area contributed by atoms with Crippen LogP contribution in [0.15, 0.2) is 46.0 Å². The molecule has 1 unspecified atom stereocenters. The summed E-state index contributed by atoms with van der Waals surface area (Å²) in [4.78, 5) is 35.5. The average molecular weight is 537 g/mol. The Hall–Kier alpha value is -2.86. The third-order valence-corrected chi connectivity index (χ3v) is 7.17. The number of carbonyl (C=O) groups excluding carboxylic acids is 1. The summed E-state index contributed by atoms with van der Waals surface area (Å²) in [5, 5.41) is 15.1. The van der Waals surface area contributed by atoms with Crippen LogP contribution in [0.1, 0.15) is 30.0 Å². The number of esters is 1. The molecule has 0 saturated carbocycles. The molecule has 2 N–H and O–H groups in total. The normalized spacial score (nSPS) is 21.5. The van der Waals surface area contributed by atoms with Crippen LogP contribution >= 0.6 is 22.9 Å². The SMILES string of the molecule is COC(=O)C1=C(CN2CCO[C@H](CC(C)C(=O)O)C2)NC(c2nccs2)=N[C@H]1c1ccc(F)cc1Cl. The van der Waals surface area contributed by atoms with E-state index in [1.54, 1.807) is 13.1 Å². The molecule has 9 nitrogen and oxygen atoms in total. The predicted molar refractivity (Wildman–Crippen MR) is 133 cm³/mol. The van der Waals surface area contributed by atoms with Crippen molar-refractivity contribution in [1.82, 2.24) is 15.2 Å². The highest BCUT2D eigenvalue weighted by Crippen LogP contribution is 2.37. The van der Waals surface area contributed by atoms with Gasteiger partial charge in [-0.1, -0.05) is 24.6 Å². The topological polar surface area (TPSA) is 113 Å². The van der Waals surface area contributed by atoms with E-state index < -0.39 is 29.7 Å². The Kier molecular flexibility index (Phi) is 8.35. The van der Waals surface area contributed by atoms with Crippen LogP contribution in [-0.4, -0.2) is 72.2 Å². The lowest BCUT2D eigenvalue weighted by atomic mass is 9.95. The first-order valence-electron chi connectivity index (χ1n) is 11.3. The van der Waals surface area contributed by atoms with Crippen molar-refractivity contribution in [3.8, 4) is 0 Å². The summed E-state index contributed by atoms with van der Waals surface area (Å²) in [7, 11) is 1.29. The summed E-state index contributed by atoms with van der Waals surface area (Å²) < 4.78 is 24.7. The van der Waals surface area contributed by atoms with E-state index in [0.29, 0.717) is 54.8 Å². The van der Waals surface area contributed by atoms with E-state index >= 15 is 0 Å². The second-order valence-electron chi connectivity index (χ2n) is 8.60. The molecule has 2 aliphatic rings. The summed E-state index contributed by atoms with van der Waals surface area (Å²) in [6, 6.07) is 3.12. The number of benzene rings is 1. The van der Waals surface area contributed by atoms with Crippen molar-refractivity contribution >= 4 is 40.7 Å². The number of morpholine rings is 1. The number of nitrogens with zero attached hydrogens (tertiary/aromatic N) is 3. The molecule has 1 fully saturated rings. The van der Waals surface area contributed by atoms with Crippen LogP contribution in [-0.2, 0) is 19.1 Å². The van der Waals surface area contributed by atoms with E-state index in [1.165, 1.54) is 36.6 Å². The van der Waals surface area contributed by atoms with Crippen molar-refractivity contribution in [2.45, 2.75) is 25.5 Å². The average Bonchev–Trinajstić information content (AvgIpc) is 3.38. The number of aliphatic imine (C=N–C) groups is 1. The smallest absolute Gasteiger partial charge is 0.338 e. The quantitative estimate of drug-likeness (QED) is 0.494. The van der Waals surface area contributed by atoms with Gasteiger partial charge in [-0.05, 0) is 18.6 Å². The molecule has 0 radical (unpaired) electrons. The zero-order chi connectivity index (χ0) is 25.8. The summed E-state index contributed by atoms with van der Waals surface area (Å²) in [6.07, 6.45) is 1.77. The van der Waals surface area contributed by atoms with Gasteiger partial charge in [-0.2, -0.15) is 0 Å². The highest BCUT2D eigenvalue weighted by Gasteiger charge is 2.35. The number of ether oxygens (including phenoxy) is 2. The fraction of sp³-hybridized carbons (Fsp3) is 0.417.